The minimum absolute atomic E-state index is 0.0857. The molecule has 0 aliphatic heterocycles. The van der Waals surface area contributed by atoms with Crippen molar-refractivity contribution in [2.75, 3.05) is 20.6 Å². The molecule has 21 heavy (non-hydrogen) atoms. The standard InChI is InChI=1S/C16H33N5/c1-7-11-17-15(16(9-3,10-4)20(5)6)14-13-18-19-21(14)12-8-2/h13,15,17H,7-12H2,1-6H3. The van der Waals surface area contributed by atoms with E-state index in [4.69, 9.17) is 0 Å². The van der Waals surface area contributed by atoms with Gasteiger partial charge in [0.25, 0.3) is 0 Å². The molecular weight excluding hydrogens is 262 g/mol. The zero-order chi connectivity index (χ0) is 15.9. The van der Waals surface area contributed by atoms with Gasteiger partial charge in [0, 0.05) is 12.1 Å². The molecule has 0 aliphatic carbocycles. The number of rotatable bonds is 10. The molecule has 1 rings (SSSR count). The van der Waals surface area contributed by atoms with Gasteiger partial charge < -0.3 is 10.2 Å². The number of aromatic nitrogens is 3. The Morgan fingerprint density at radius 3 is 2.33 bits per heavy atom. The van der Waals surface area contributed by atoms with E-state index >= 15 is 0 Å². The molecule has 0 saturated carbocycles. The highest BCUT2D eigenvalue weighted by Crippen LogP contribution is 2.35. The van der Waals surface area contributed by atoms with Gasteiger partial charge in [0.15, 0.2) is 0 Å². The Kier molecular flexibility index (Phi) is 7.32. The maximum absolute atomic E-state index is 4.28. The highest BCUT2D eigenvalue weighted by Gasteiger charge is 2.40. The summed E-state index contributed by atoms with van der Waals surface area (Å²) < 4.78 is 2.07. The average molecular weight is 295 g/mol. The van der Waals surface area contributed by atoms with E-state index in [1.165, 1.54) is 5.69 Å². The van der Waals surface area contributed by atoms with Crippen LogP contribution in [-0.4, -0.2) is 46.1 Å². The van der Waals surface area contributed by atoms with Gasteiger partial charge in [0.1, 0.15) is 0 Å². The number of aryl methyl sites for hydroxylation is 1. The van der Waals surface area contributed by atoms with Crippen LogP contribution in [-0.2, 0) is 6.54 Å². The van der Waals surface area contributed by atoms with Gasteiger partial charge in [-0.05, 0) is 46.3 Å². The number of hydrogen-bond acceptors (Lipinski definition) is 4. The molecule has 0 spiro atoms. The molecule has 0 amide bonds. The normalized spacial score (nSPS) is 13.9. The van der Waals surface area contributed by atoms with E-state index in [9.17, 15) is 0 Å². The third-order valence-corrected chi connectivity index (χ3v) is 4.63. The molecule has 5 nitrogen and oxygen atoms in total. The van der Waals surface area contributed by atoms with Gasteiger partial charge in [-0.3, -0.25) is 0 Å². The molecule has 1 N–H and O–H groups in total. The maximum atomic E-state index is 4.28. The molecule has 0 saturated heterocycles. The molecule has 0 fully saturated rings. The van der Waals surface area contributed by atoms with E-state index in [0.717, 1.165) is 38.8 Å². The summed E-state index contributed by atoms with van der Waals surface area (Å²) in [4.78, 5) is 2.36. The molecular formula is C16H33N5. The van der Waals surface area contributed by atoms with Crippen LogP contribution in [0, 0.1) is 0 Å². The summed E-state index contributed by atoms with van der Waals surface area (Å²) in [5, 5.41) is 12.2. The lowest BCUT2D eigenvalue weighted by Crippen LogP contribution is -2.53. The van der Waals surface area contributed by atoms with E-state index < -0.39 is 0 Å². The molecule has 0 aromatic carbocycles. The molecule has 5 heteroatoms. The first kappa shape index (κ1) is 18.1. The van der Waals surface area contributed by atoms with Crippen LogP contribution in [0.5, 0.6) is 0 Å². The summed E-state index contributed by atoms with van der Waals surface area (Å²) in [6.45, 7) is 10.9. The lowest BCUT2D eigenvalue weighted by molar-refractivity contribution is 0.0839. The van der Waals surface area contributed by atoms with Crippen molar-refractivity contribution >= 4 is 0 Å². The summed E-state index contributed by atoms with van der Waals surface area (Å²) >= 11 is 0. The Hall–Kier alpha value is -0.940. The molecule has 0 radical (unpaired) electrons. The van der Waals surface area contributed by atoms with Crippen molar-refractivity contribution in [2.45, 2.75) is 71.5 Å². The van der Waals surface area contributed by atoms with Crippen molar-refractivity contribution < 1.29 is 0 Å². The number of nitrogens with one attached hydrogen (secondary N) is 1. The largest absolute Gasteiger partial charge is 0.307 e. The molecule has 0 aliphatic rings. The minimum atomic E-state index is 0.0857. The SMILES string of the molecule is CCCNC(c1cnnn1CCC)C(CC)(CC)N(C)C. The topological polar surface area (TPSA) is 46.0 Å². The minimum Gasteiger partial charge on any atom is -0.307 e. The van der Waals surface area contributed by atoms with E-state index in [1.807, 2.05) is 6.20 Å². The third-order valence-electron chi connectivity index (χ3n) is 4.63. The lowest BCUT2D eigenvalue weighted by Gasteiger charge is -2.45. The van der Waals surface area contributed by atoms with Gasteiger partial charge in [-0.15, -0.1) is 5.10 Å². The second kappa shape index (κ2) is 8.49. The average Bonchev–Trinajstić information content (AvgIpc) is 2.92. The Labute approximate surface area is 130 Å². The van der Waals surface area contributed by atoms with Crippen molar-refractivity contribution in [1.82, 2.24) is 25.2 Å². The van der Waals surface area contributed by atoms with Crippen LogP contribution >= 0.6 is 0 Å². The summed E-state index contributed by atoms with van der Waals surface area (Å²) in [5.41, 5.74) is 1.30. The van der Waals surface area contributed by atoms with Crippen molar-refractivity contribution in [2.24, 2.45) is 0 Å². The van der Waals surface area contributed by atoms with Gasteiger partial charge in [0.05, 0.1) is 17.9 Å². The number of nitrogens with zero attached hydrogens (tertiary/aromatic N) is 4. The molecule has 1 aromatic rings. The molecule has 1 atom stereocenters. The highest BCUT2D eigenvalue weighted by atomic mass is 15.4. The van der Waals surface area contributed by atoms with Crippen molar-refractivity contribution in [3.63, 3.8) is 0 Å². The molecule has 1 unspecified atom stereocenters. The first-order valence-electron chi connectivity index (χ1n) is 8.36. The number of hydrogen-bond donors (Lipinski definition) is 1. The van der Waals surface area contributed by atoms with Crippen LogP contribution in [0.3, 0.4) is 0 Å². The lowest BCUT2D eigenvalue weighted by atomic mass is 9.81. The quantitative estimate of drug-likeness (QED) is 0.721. The van der Waals surface area contributed by atoms with Crippen molar-refractivity contribution in [1.29, 1.82) is 0 Å². The second-order valence-corrected chi connectivity index (χ2v) is 5.97. The summed E-state index contributed by atoms with van der Waals surface area (Å²) in [7, 11) is 4.36. The Balaban J connectivity index is 3.22. The second-order valence-electron chi connectivity index (χ2n) is 5.97. The molecule has 0 bridgehead atoms. The first-order chi connectivity index (χ1) is 10.1. The van der Waals surface area contributed by atoms with Crippen LogP contribution in [0.2, 0.25) is 0 Å². The summed E-state index contributed by atoms with van der Waals surface area (Å²) in [6.07, 6.45) is 6.32. The van der Waals surface area contributed by atoms with Crippen LogP contribution in [0.15, 0.2) is 6.20 Å². The smallest absolute Gasteiger partial charge is 0.0775 e. The highest BCUT2D eigenvalue weighted by molar-refractivity contribution is 5.13. The van der Waals surface area contributed by atoms with Crippen LogP contribution in [0.25, 0.3) is 0 Å². The predicted octanol–water partition coefficient (Wildman–Crippen LogP) is 2.85. The van der Waals surface area contributed by atoms with Gasteiger partial charge in [0.2, 0.25) is 0 Å². The fourth-order valence-corrected chi connectivity index (χ4v) is 3.28. The van der Waals surface area contributed by atoms with Crippen LogP contribution in [0.4, 0.5) is 0 Å². The van der Waals surface area contributed by atoms with Crippen molar-refractivity contribution in [3.05, 3.63) is 11.9 Å². The predicted molar refractivity (Wildman–Crippen MR) is 88.3 cm³/mol. The molecule has 122 valence electrons. The number of likely N-dealkylation sites (N-methyl/N-ethyl adjacent to an activating group) is 1. The first-order valence-corrected chi connectivity index (χ1v) is 8.36. The Bertz CT molecular complexity index is 395. The summed E-state index contributed by atoms with van der Waals surface area (Å²) in [6, 6.07) is 0.254. The maximum Gasteiger partial charge on any atom is 0.0775 e. The van der Waals surface area contributed by atoms with Gasteiger partial charge in [-0.2, -0.15) is 0 Å². The monoisotopic (exact) mass is 295 g/mol. The Morgan fingerprint density at radius 2 is 1.86 bits per heavy atom. The van der Waals surface area contributed by atoms with Crippen molar-refractivity contribution in [3.8, 4) is 0 Å². The van der Waals surface area contributed by atoms with Gasteiger partial charge in [-0.1, -0.05) is 32.9 Å². The van der Waals surface area contributed by atoms with Crippen LogP contribution < -0.4 is 5.32 Å². The van der Waals surface area contributed by atoms with Gasteiger partial charge >= 0.3 is 0 Å². The third kappa shape index (κ3) is 3.83. The fraction of sp³-hybridized carbons (Fsp3) is 0.875. The Morgan fingerprint density at radius 1 is 1.19 bits per heavy atom. The zero-order valence-electron chi connectivity index (χ0n) is 14.7. The van der Waals surface area contributed by atoms with E-state index in [0.29, 0.717) is 0 Å². The summed E-state index contributed by atoms with van der Waals surface area (Å²) in [5.74, 6) is 0. The van der Waals surface area contributed by atoms with Gasteiger partial charge in [-0.25, -0.2) is 4.68 Å². The zero-order valence-corrected chi connectivity index (χ0v) is 14.7. The molecule has 1 aromatic heterocycles. The van der Waals surface area contributed by atoms with E-state index in [1.54, 1.807) is 0 Å². The van der Waals surface area contributed by atoms with E-state index in [-0.39, 0.29) is 11.6 Å². The molecule has 1 heterocycles. The van der Waals surface area contributed by atoms with Crippen LogP contribution in [0.1, 0.15) is 65.1 Å². The van der Waals surface area contributed by atoms with E-state index in [2.05, 4.69) is 67.0 Å². The fourth-order valence-electron chi connectivity index (χ4n) is 3.28.